The first-order valence-corrected chi connectivity index (χ1v) is 9.88. The molecule has 140 valence electrons. The van der Waals surface area contributed by atoms with E-state index in [4.69, 9.17) is 23.2 Å². The van der Waals surface area contributed by atoms with Gasteiger partial charge in [-0.1, -0.05) is 65.7 Å². The summed E-state index contributed by atoms with van der Waals surface area (Å²) in [4.78, 5) is 27.3. The van der Waals surface area contributed by atoms with Crippen LogP contribution in [-0.4, -0.2) is 29.8 Å². The molecule has 1 aliphatic carbocycles. The van der Waals surface area contributed by atoms with Gasteiger partial charge in [0.1, 0.15) is 0 Å². The summed E-state index contributed by atoms with van der Waals surface area (Å²) in [5, 5.41) is 3.92. The Morgan fingerprint density at radius 3 is 2.63 bits per heavy atom. The van der Waals surface area contributed by atoms with E-state index in [2.05, 4.69) is 5.32 Å². The highest BCUT2D eigenvalue weighted by Gasteiger charge is 2.48. The number of carbonyl (C=O) groups excluding carboxylic acids is 2. The Bertz CT molecular complexity index is 872. The SMILES string of the molecule is O=C1C[C@H](c2ccccc2)N(C(=O)[C@@H]2C[C@H]2c2cccc(Cl)c2Cl)CCN1. The first kappa shape index (κ1) is 18.3. The Labute approximate surface area is 168 Å². The first-order valence-electron chi connectivity index (χ1n) is 9.12. The molecule has 2 fully saturated rings. The van der Waals surface area contributed by atoms with Crippen molar-refractivity contribution in [3.63, 3.8) is 0 Å². The molecule has 1 aliphatic heterocycles. The van der Waals surface area contributed by atoms with Gasteiger partial charge in [0.2, 0.25) is 11.8 Å². The molecule has 1 saturated carbocycles. The van der Waals surface area contributed by atoms with Gasteiger partial charge in [0, 0.05) is 19.0 Å². The Balaban J connectivity index is 1.58. The van der Waals surface area contributed by atoms with Crippen LogP contribution in [0.5, 0.6) is 0 Å². The molecule has 4 rings (SSSR count). The van der Waals surface area contributed by atoms with Gasteiger partial charge in [-0.25, -0.2) is 0 Å². The molecule has 0 aromatic heterocycles. The van der Waals surface area contributed by atoms with Crippen molar-refractivity contribution in [2.24, 2.45) is 5.92 Å². The summed E-state index contributed by atoms with van der Waals surface area (Å²) >= 11 is 12.5. The van der Waals surface area contributed by atoms with Crippen LogP contribution in [0.2, 0.25) is 10.0 Å². The molecule has 0 unspecified atom stereocenters. The summed E-state index contributed by atoms with van der Waals surface area (Å²) < 4.78 is 0. The molecule has 1 N–H and O–H groups in total. The Hall–Kier alpha value is -2.04. The Kier molecular flexibility index (Phi) is 5.11. The summed E-state index contributed by atoms with van der Waals surface area (Å²) in [6, 6.07) is 15.1. The third kappa shape index (κ3) is 3.69. The van der Waals surface area contributed by atoms with Crippen LogP contribution in [0.4, 0.5) is 0 Å². The average Bonchev–Trinajstić information content (AvgIpc) is 3.48. The van der Waals surface area contributed by atoms with Gasteiger partial charge < -0.3 is 10.2 Å². The van der Waals surface area contributed by atoms with Gasteiger partial charge in [-0.05, 0) is 29.5 Å². The van der Waals surface area contributed by atoms with Crippen molar-refractivity contribution in [2.75, 3.05) is 13.1 Å². The van der Waals surface area contributed by atoms with Crippen LogP contribution >= 0.6 is 23.2 Å². The van der Waals surface area contributed by atoms with E-state index in [-0.39, 0.29) is 36.1 Å². The molecule has 1 saturated heterocycles. The highest BCUT2D eigenvalue weighted by atomic mass is 35.5. The van der Waals surface area contributed by atoms with E-state index in [9.17, 15) is 9.59 Å². The second kappa shape index (κ2) is 7.53. The van der Waals surface area contributed by atoms with Gasteiger partial charge in [0.25, 0.3) is 0 Å². The van der Waals surface area contributed by atoms with E-state index in [1.54, 1.807) is 6.07 Å². The minimum Gasteiger partial charge on any atom is -0.354 e. The van der Waals surface area contributed by atoms with Gasteiger partial charge in [-0.2, -0.15) is 0 Å². The van der Waals surface area contributed by atoms with E-state index in [1.165, 1.54) is 0 Å². The van der Waals surface area contributed by atoms with Crippen molar-refractivity contribution >= 4 is 35.0 Å². The fraction of sp³-hybridized carbons (Fsp3) is 0.333. The minimum atomic E-state index is -0.239. The predicted molar refractivity (Wildman–Crippen MR) is 106 cm³/mol. The Morgan fingerprint density at radius 2 is 1.85 bits per heavy atom. The van der Waals surface area contributed by atoms with Crippen molar-refractivity contribution in [1.82, 2.24) is 10.2 Å². The highest BCUT2D eigenvalue weighted by molar-refractivity contribution is 6.42. The summed E-state index contributed by atoms with van der Waals surface area (Å²) in [7, 11) is 0. The van der Waals surface area contributed by atoms with Crippen LogP contribution in [0.15, 0.2) is 48.5 Å². The maximum absolute atomic E-state index is 13.3. The lowest BCUT2D eigenvalue weighted by Crippen LogP contribution is -2.37. The molecule has 0 radical (unpaired) electrons. The fourth-order valence-corrected chi connectivity index (χ4v) is 4.35. The lowest BCUT2D eigenvalue weighted by Gasteiger charge is -2.30. The lowest BCUT2D eigenvalue weighted by molar-refractivity contribution is -0.135. The van der Waals surface area contributed by atoms with Crippen molar-refractivity contribution in [3.05, 3.63) is 69.7 Å². The molecule has 6 heteroatoms. The van der Waals surface area contributed by atoms with E-state index in [0.717, 1.165) is 17.5 Å². The zero-order chi connectivity index (χ0) is 19.0. The van der Waals surface area contributed by atoms with Gasteiger partial charge in [0.05, 0.1) is 22.5 Å². The maximum atomic E-state index is 13.3. The van der Waals surface area contributed by atoms with E-state index in [1.807, 2.05) is 47.4 Å². The standard InChI is InChI=1S/C21H20Cl2N2O2/c22-17-8-4-7-14(20(17)23)15-11-16(15)21(27)25-10-9-24-19(26)12-18(25)13-5-2-1-3-6-13/h1-8,15-16,18H,9-12H2,(H,24,26)/t15-,16+,18+/m0/s1. The van der Waals surface area contributed by atoms with Crippen LogP contribution in [-0.2, 0) is 9.59 Å². The molecule has 2 amide bonds. The van der Waals surface area contributed by atoms with Gasteiger partial charge in [-0.3, -0.25) is 9.59 Å². The molecular formula is C21H20Cl2N2O2. The molecule has 3 atom stereocenters. The summed E-state index contributed by atoms with van der Waals surface area (Å²) in [5.41, 5.74) is 1.92. The first-order chi connectivity index (χ1) is 13.1. The molecule has 2 aromatic carbocycles. The monoisotopic (exact) mass is 402 g/mol. The molecule has 2 aliphatic rings. The summed E-state index contributed by atoms with van der Waals surface area (Å²) in [6.45, 7) is 0.986. The zero-order valence-corrected chi connectivity index (χ0v) is 16.2. The molecule has 4 nitrogen and oxygen atoms in total. The van der Waals surface area contributed by atoms with Gasteiger partial charge in [0.15, 0.2) is 0 Å². The quantitative estimate of drug-likeness (QED) is 0.836. The van der Waals surface area contributed by atoms with Crippen molar-refractivity contribution in [2.45, 2.75) is 24.8 Å². The molecule has 0 spiro atoms. The number of hydrogen-bond donors (Lipinski definition) is 1. The van der Waals surface area contributed by atoms with Crippen molar-refractivity contribution in [1.29, 1.82) is 0 Å². The lowest BCUT2D eigenvalue weighted by atomic mass is 10.0. The molecule has 2 aromatic rings. The molecule has 0 bridgehead atoms. The number of carbonyl (C=O) groups is 2. The van der Waals surface area contributed by atoms with Crippen LogP contribution < -0.4 is 5.32 Å². The second-order valence-electron chi connectivity index (χ2n) is 7.10. The van der Waals surface area contributed by atoms with Gasteiger partial charge in [-0.15, -0.1) is 0 Å². The second-order valence-corrected chi connectivity index (χ2v) is 7.89. The van der Waals surface area contributed by atoms with Crippen LogP contribution in [0.3, 0.4) is 0 Å². The van der Waals surface area contributed by atoms with Crippen LogP contribution in [0.25, 0.3) is 0 Å². The predicted octanol–water partition coefficient (Wildman–Crippen LogP) is 4.19. The van der Waals surface area contributed by atoms with Crippen molar-refractivity contribution < 1.29 is 9.59 Å². The van der Waals surface area contributed by atoms with E-state index >= 15 is 0 Å². The number of benzene rings is 2. The van der Waals surface area contributed by atoms with Crippen molar-refractivity contribution in [3.8, 4) is 0 Å². The third-order valence-electron chi connectivity index (χ3n) is 5.39. The highest BCUT2D eigenvalue weighted by Crippen LogP contribution is 2.52. The number of hydrogen-bond acceptors (Lipinski definition) is 2. The van der Waals surface area contributed by atoms with Crippen LogP contribution in [0, 0.1) is 5.92 Å². The Morgan fingerprint density at radius 1 is 1.07 bits per heavy atom. The summed E-state index contributed by atoms with van der Waals surface area (Å²) in [5.74, 6) is 0.0400. The molecule has 1 heterocycles. The largest absolute Gasteiger partial charge is 0.354 e. The van der Waals surface area contributed by atoms with Gasteiger partial charge >= 0.3 is 0 Å². The normalized spacial score (nSPS) is 24.9. The zero-order valence-electron chi connectivity index (χ0n) is 14.7. The van der Waals surface area contributed by atoms with E-state index in [0.29, 0.717) is 23.1 Å². The fourth-order valence-electron chi connectivity index (χ4n) is 3.90. The molecule has 27 heavy (non-hydrogen) atoms. The number of rotatable bonds is 3. The smallest absolute Gasteiger partial charge is 0.226 e. The topological polar surface area (TPSA) is 49.4 Å². The third-order valence-corrected chi connectivity index (χ3v) is 6.22. The summed E-state index contributed by atoms with van der Waals surface area (Å²) in [6.07, 6.45) is 1.04. The van der Waals surface area contributed by atoms with E-state index < -0.39 is 0 Å². The average molecular weight is 403 g/mol. The number of nitrogens with one attached hydrogen (secondary N) is 1. The number of amides is 2. The van der Waals surface area contributed by atoms with Crippen LogP contribution in [0.1, 0.15) is 35.9 Å². The minimum absolute atomic E-state index is 0.0237. The number of nitrogens with zero attached hydrogens (tertiary/aromatic N) is 1. The maximum Gasteiger partial charge on any atom is 0.226 e. The molecular weight excluding hydrogens is 383 g/mol. The number of halogens is 2.